The zero-order valence-corrected chi connectivity index (χ0v) is 11.7. The summed E-state index contributed by atoms with van der Waals surface area (Å²) in [4.78, 5) is 0. The minimum absolute atomic E-state index is 0.502. The first-order valence-electron chi connectivity index (χ1n) is 5.16. The van der Waals surface area contributed by atoms with E-state index < -0.39 is 12.3 Å². The average Bonchev–Trinajstić information content (AvgIpc) is 1.96. The Kier molecular flexibility index (Phi) is 8.05. The van der Waals surface area contributed by atoms with Gasteiger partial charge in [0.25, 0.3) is 0 Å². The lowest BCUT2D eigenvalue weighted by Gasteiger charge is -2.08. The minimum atomic E-state index is -0.502. The Hall–Kier alpha value is 1.01. The highest BCUT2D eigenvalue weighted by molar-refractivity contribution is 9.24. The number of hydrogen-bond acceptors (Lipinski definition) is 0. The molecule has 0 aromatic carbocycles. The molecule has 0 atom stereocenters. The predicted molar refractivity (Wildman–Crippen MR) is 63.2 cm³/mol. The van der Waals surface area contributed by atoms with Crippen LogP contribution in [0.5, 0.6) is 0 Å². The zero-order chi connectivity index (χ0) is 9.56. The van der Waals surface area contributed by atoms with E-state index in [9.17, 15) is 0 Å². The molecule has 0 rings (SSSR count). The van der Waals surface area contributed by atoms with E-state index >= 15 is 0 Å². The van der Waals surface area contributed by atoms with Crippen molar-refractivity contribution in [2.75, 3.05) is 0 Å². The molecular weight excluding hydrogens is 227 g/mol. The molecule has 0 spiro atoms. The fourth-order valence-electron chi connectivity index (χ4n) is 1.17. The topological polar surface area (TPSA) is 0 Å². The summed E-state index contributed by atoms with van der Waals surface area (Å²) in [6, 6.07) is 0. The zero-order valence-electron chi connectivity index (χ0n) is 8.94. The molecule has 0 saturated carbocycles. The molecule has 0 unspecified atom stereocenters. The van der Waals surface area contributed by atoms with Crippen LogP contribution < -0.4 is 0 Å². The lowest BCUT2D eigenvalue weighted by atomic mass is 10.2. The van der Waals surface area contributed by atoms with E-state index in [1.54, 1.807) is 0 Å². The smallest absolute Gasteiger partial charge is 0.217 e. The maximum Gasteiger partial charge on any atom is 0.365 e. The van der Waals surface area contributed by atoms with Crippen molar-refractivity contribution < 1.29 is 0 Å². The van der Waals surface area contributed by atoms with Crippen LogP contribution in [0.3, 0.4) is 0 Å². The molecule has 0 aliphatic heterocycles. The molecule has 0 bridgehead atoms. The molecule has 72 valence electrons. The number of rotatable bonds is 6. The van der Waals surface area contributed by atoms with E-state index in [2.05, 4.69) is 41.7 Å². The lowest BCUT2D eigenvalue weighted by Crippen LogP contribution is -2.05. The Morgan fingerprint density at radius 2 is 1.25 bits per heavy atom. The summed E-state index contributed by atoms with van der Waals surface area (Å²) in [6.07, 6.45) is 2.83. The van der Waals surface area contributed by atoms with Gasteiger partial charge in [0.2, 0.25) is 0 Å². The third kappa shape index (κ3) is 9.10. The summed E-state index contributed by atoms with van der Waals surface area (Å²) in [7, 11) is 0. The van der Waals surface area contributed by atoms with Crippen molar-refractivity contribution in [3.63, 3.8) is 0 Å². The molecule has 0 N–H and O–H groups in total. The molecule has 0 heterocycles. The average molecular weight is 249 g/mol. The van der Waals surface area contributed by atoms with Crippen LogP contribution in [0.25, 0.3) is 0 Å². The second-order valence-corrected chi connectivity index (χ2v) is 10.8. The van der Waals surface area contributed by atoms with Gasteiger partial charge in [0.1, 0.15) is 0 Å². The molecule has 0 amide bonds. The third-order valence-corrected chi connectivity index (χ3v) is 6.78. The van der Waals surface area contributed by atoms with E-state index in [0.717, 1.165) is 11.8 Å². The van der Waals surface area contributed by atoms with Crippen molar-refractivity contribution in [1.82, 2.24) is 0 Å². The van der Waals surface area contributed by atoms with Gasteiger partial charge in [-0.2, -0.15) is 0 Å². The van der Waals surface area contributed by atoms with Gasteiger partial charge in [-0.25, -0.2) is 14.1 Å². The number of hydrogen-bond donors (Lipinski definition) is 0. The molecule has 12 heavy (non-hydrogen) atoms. The normalized spacial score (nSPS) is 11.2. The Labute approximate surface area is 89.2 Å². The highest BCUT2D eigenvalue weighted by Gasteiger charge is 2.13. The standard InChI is InChI=1S/2C5H11.Al.BrH/c2*1-4-5(2)3;;/h2*5H,1,4H2,2-3H3;;1H/q;;+1;/p-1. The Morgan fingerprint density at radius 1 is 0.917 bits per heavy atom. The summed E-state index contributed by atoms with van der Waals surface area (Å²) in [5.41, 5.74) is 0. The molecule has 0 aliphatic carbocycles. The Morgan fingerprint density at radius 3 is 1.50 bits per heavy atom. The fourth-order valence-corrected chi connectivity index (χ4v) is 5.10. The van der Waals surface area contributed by atoms with Crippen LogP contribution in [0.15, 0.2) is 0 Å². The summed E-state index contributed by atoms with van der Waals surface area (Å²) in [6.45, 7) is 9.26. The fraction of sp³-hybridized carbons (Fsp3) is 1.00. The first-order valence-corrected chi connectivity index (χ1v) is 9.98. The van der Waals surface area contributed by atoms with Crippen LogP contribution in [0.1, 0.15) is 40.5 Å². The lowest BCUT2D eigenvalue weighted by molar-refractivity contribution is 0.610. The summed E-state index contributed by atoms with van der Waals surface area (Å²) in [5.74, 6) is 1.77. The molecule has 0 saturated heterocycles. The van der Waals surface area contributed by atoms with Crippen LogP contribution >= 0.6 is 14.1 Å². The van der Waals surface area contributed by atoms with Crippen LogP contribution in [-0.2, 0) is 0 Å². The molecule has 0 aromatic heterocycles. The maximum absolute atomic E-state index is 3.87. The minimum Gasteiger partial charge on any atom is -0.217 e. The highest BCUT2D eigenvalue weighted by atomic mass is 79.9. The summed E-state index contributed by atoms with van der Waals surface area (Å²) >= 11 is 3.37. The number of halogens is 1. The van der Waals surface area contributed by atoms with E-state index in [4.69, 9.17) is 0 Å². The van der Waals surface area contributed by atoms with Crippen LogP contribution in [-0.4, -0.2) is 12.3 Å². The second kappa shape index (κ2) is 7.42. The van der Waals surface area contributed by atoms with Gasteiger partial charge >= 0.3 is 12.3 Å². The van der Waals surface area contributed by atoms with Crippen molar-refractivity contribution >= 4 is 26.4 Å². The Balaban J connectivity index is 3.27. The third-order valence-electron chi connectivity index (χ3n) is 2.11. The van der Waals surface area contributed by atoms with E-state index in [0.29, 0.717) is 0 Å². The quantitative estimate of drug-likeness (QED) is 0.609. The first-order chi connectivity index (χ1) is 5.52. The van der Waals surface area contributed by atoms with Crippen molar-refractivity contribution in [2.45, 2.75) is 51.1 Å². The van der Waals surface area contributed by atoms with Gasteiger partial charge in [0.15, 0.2) is 0 Å². The van der Waals surface area contributed by atoms with E-state index in [-0.39, 0.29) is 0 Å². The second-order valence-electron chi connectivity index (χ2n) is 4.54. The van der Waals surface area contributed by atoms with Gasteiger partial charge in [-0.15, -0.1) is 0 Å². The molecule has 0 aromatic rings. The van der Waals surface area contributed by atoms with E-state index in [1.165, 1.54) is 23.4 Å². The van der Waals surface area contributed by atoms with Gasteiger partial charge in [-0.1, -0.05) is 51.1 Å². The largest absolute Gasteiger partial charge is 0.365 e. The van der Waals surface area contributed by atoms with Crippen LogP contribution in [0.2, 0.25) is 10.6 Å². The van der Waals surface area contributed by atoms with Gasteiger partial charge in [0.05, 0.1) is 0 Å². The summed E-state index contributed by atoms with van der Waals surface area (Å²) in [5, 5.41) is 2.95. The molecule has 0 radical (unpaired) electrons. The van der Waals surface area contributed by atoms with Gasteiger partial charge in [-0.3, -0.25) is 0 Å². The maximum atomic E-state index is 3.87. The van der Waals surface area contributed by atoms with Gasteiger partial charge in [0, 0.05) is 0 Å². The molecule has 0 aliphatic rings. The van der Waals surface area contributed by atoms with Crippen LogP contribution in [0, 0.1) is 11.8 Å². The van der Waals surface area contributed by atoms with E-state index in [1.807, 2.05) is 0 Å². The van der Waals surface area contributed by atoms with Crippen molar-refractivity contribution in [3.8, 4) is 0 Å². The predicted octanol–water partition coefficient (Wildman–Crippen LogP) is 4.47. The van der Waals surface area contributed by atoms with Gasteiger partial charge in [-0.05, 0) is 11.8 Å². The van der Waals surface area contributed by atoms with Crippen molar-refractivity contribution in [3.05, 3.63) is 0 Å². The molecular formula is C10H22AlBr. The first kappa shape index (κ1) is 13.0. The molecule has 0 nitrogen and oxygen atoms in total. The highest BCUT2D eigenvalue weighted by Crippen LogP contribution is 2.18. The van der Waals surface area contributed by atoms with Gasteiger partial charge < -0.3 is 0 Å². The van der Waals surface area contributed by atoms with Crippen molar-refractivity contribution in [2.24, 2.45) is 11.8 Å². The monoisotopic (exact) mass is 248 g/mol. The van der Waals surface area contributed by atoms with Crippen molar-refractivity contribution in [1.29, 1.82) is 0 Å². The summed E-state index contributed by atoms with van der Waals surface area (Å²) < 4.78 is 0. The van der Waals surface area contributed by atoms with Crippen LogP contribution in [0.4, 0.5) is 0 Å². The SMILES string of the molecule is CC(C)C[CH2][Al]([Br])[CH2]CC(C)C. The molecule has 0 fully saturated rings. The molecule has 2 heteroatoms. The Bertz CT molecular complexity index is 90.0.